The van der Waals surface area contributed by atoms with Crippen LogP contribution in [0.25, 0.3) is 0 Å². The molecule has 0 fully saturated rings. The first-order chi connectivity index (χ1) is 9.47. The molecule has 0 saturated carbocycles. The Balaban J connectivity index is 2.27. The average Bonchev–Trinajstić information content (AvgIpc) is 2.38. The van der Waals surface area contributed by atoms with E-state index in [2.05, 4.69) is 24.0 Å². The molecule has 0 radical (unpaired) electrons. The lowest BCUT2D eigenvalue weighted by Gasteiger charge is -2.06. The predicted octanol–water partition coefficient (Wildman–Crippen LogP) is 4.27. The van der Waals surface area contributed by atoms with E-state index in [1.807, 2.05) is 13.8 Å². The number of nitro benzene ring substituents is 1. The Labute approximate surface area is 117 Å². The SMILES string of the molecule is Cc1cc(C)c(N=Cc2ccc([N+](=O)[O-])cc2)c(C)c1. The van der Waals surface area contributed by atoms with Crippen molar-refractivity contribution in [3.8, 4) is 0 Å². The normalized spacial score (nSPS) is 10.9. The van der Waals surface area contributed by atoms with Gasteiger partial charge >= 0.3 is 0 Å². The van der Waals surface area contributed by atoms with Crippen LogP contribution in [0.3, 0.4) is 0 Å². The maximum atomic E-state index is 10.6. The molecule has 0 bridgehead atoms. The molecular weight excluding hydrogens is 252 g/mol. The number of rotatable bonds is 3. The van der Waals surface area contributed by atoms with Crippen molar-refractivity contribution in [1.29, 1.82) is 0 Å². The Hall–Kier alpha value is -2.49. The Morgan fingerprint density at radius 2 is 1.60 bits per heavy atom. The van der Waals surface area contributed by atoms with Crippen LogP contribution in [0.15, 0.2) is 41.4 Å². The third-order valence-corrected chi connectivity index (χ3v) is 3.08. The van der Waals surface area contributed by atoms with Crippen molar-refractivity contribution in [2.24, 2.45) is 4.99 Å². The molecule has 2 rings (SSSR count). The molecule has 2 aromatic rings. The minimum Gasteiger partial charge on any atom is -0.258 e. The maximum Gasteiger partial charge on any atom is 0.269 e. The van der Waals surface area contributed by atoms with Gasteiger partial charge in [0.15, 0.2) is 0 Å². The standard InChI is InChI=1S/C16H16N2O2/c1-11-8-12(2)16(13(3)9-11)17-10-14-4-6-15(7-5-14)18(19)20/h4-10H,1-3H3. The summed E-state index contributed by atoms with van der Waals surface area (Å²) in [6.07, 6.45) is 1.73. The van der Waals surface area contributed by atoms with E-state index in [9.17, 15) is 10.1 Å². The molecule has 0 saturated heterocycles. The van der Waals surface area contributed by atoms with E-state index in [0.717, 1.165) is 22.4 Å². The van der Waals surface area contributed by atoms with Gasteiger partial charge < -0.3 is 0 Å². The second kappa shape index (κ2) is 5.65. The van der Waals surface area contributed by atoms with Crippen LogP contribution in [0.1, 0.15) is 22.3 Å². The van der Waals surface area contributed by atoms with Gasteiger partial charge in [-0.3, -0.25) is 15.1 Å². The van der Waals surface area contributed by atoms with Crippen LogP contribution >= 0.6 is 0 Å². The molecule has 0 amide bonds. The first-order valence-corrected chi connectivity index (χ1v) is 6.34. The van der Waals surface area contributed by atoms with Gasteiger partial charge in [0.1, 0.15) is 0 Å². The highest BCUT2D eigenvalue weighted by Crippen LogP contribution is 2.25. The van der Waals surface area contributed by atoms with Gasteiger partial charge in [-0.15, -0.1) is 0 Å². The number of hydrogen-bond acceptors (Lipinski definition) is 3. The summed E-state index contributed by atoms with van der Waals surface area (Å²) in [6, 6.07) is 10.5. The predicted molar refractivity (Wildman–Crippen MR) is 81.0 cm³/mol. The van der Waals surface area contributed by atoms with Gasteiger partial charge in [0, 0.05) is 18.3 Å². The van der Waals surface area contributed by atoms with Crippen molar-refractivity contribution in [2.45, 2.75) is 20.8 Å². The number of non-ortho nitro benzene ring substituents is 1. The molecule has 2 aromatic carbocycles. The Morgan fingerprint density at radius 1 is 1.05 bits per heavy atom. The number of nitrogens with zero attached hydrogens (tertiary/aromatic N) is 2. The van der Waals surface area contributed by atoms with E-state index >= 15 is 0 Å². The Morgan fingerprint density at radius 3 is 2.10 bits per heavy atom. The molecule has 0 spiro atoms. The van der Waals surface area contributed by atoms with Crippen molar-refractivity contribution >= 4 is 17.6 Å². The smallest absolute Gasteiger partial charge is 0.258 e. The monoisotopic (exact) mass is 268 g/mol. The number of aryl methyl sites for hydroxylation is 3. The van der Waals surface area contributed by atoms with E-state index in [-0.39, 0.29) is 5.69 Å². The summed E-state index contributed by atoms with van der Waals surface area (Å²) in [5, 5.41) is 10.6. The van der Waals surface area contributed by atoms with Crippen molar-refractivity contribution in [3.63, 3.8) is 0 Å². The largest absolute Gasteiger partial charge is 0.269 e. The first kappa shape index (κ1) is 13.9. The molecule has 102 valence electrons. The topological polar surface area (TPSA) is 55.5 Å². The van der Waals surface area contributed by atoms with Crippen LogP contribution in [0.5, 0.6) is 0 Å². The summed E-state index contributed by atoms with van der Waals surface area (Å²) >= 11 is 0. The molecule has 0 unspecified atom stereocenters. The molecule has 20 heavy (non-hydrogen) atoms. The highest BCUT2D eigenvalue weighted by molar-refractivity contribution is 5.83. The first-order valence-electron chi connectivity index (χ1n) is 6.34. The van der Waals surface area contributed by atoms with E-state index in [0.29, 0.717) is 0 Å². The van der Waals surface area contributed by atoms with E-state index in [1.54, 1.807) is 18.3 Å². The zero-order valence-electron chi connectivity index (χ0n) is 11.8. The van der Waals surface area contributed by atoms with Gasteiger partial charge in [-0.05, 0) is 49.6 Å². The fourth-order valence-electron chi connectivity index (χ4n) is 2.20. The molecule has 0 atom stereocenters. The number of aliphatic imine (C=N–C) groups is 1. The summed E-state index contributed by atoms with van der Waals surface area (Å²) in [4.78, 5) is 14.7. The van der Waals surface area contributed by atoms with Gasteiger partial charge in [-0.1, -0.05) is 17.7 Å². The maximum absolute atomic E-state index is 10.6. The highest BCUT2D eigenvalue weighted by Gasteiger charge is 2.04. The lowest BCUT2D eigenvalue weighted by molar-refractivity contribution is -0.384. The Bertz CT molecular complexity index is 650. The summed E-state index contributed by atoms with van der Waals surface area (Å²) in [5.41, 5.74) is 5.35. The summed E-state index contributed by atoms with van der Waals surface area (Å²) in [7, 11) is 0. The lowest BCUT2D eigenvalue weighted by Crippen LogP contribution is -1.89. The third-order valence-electron chi connectivity index (χ3n) is 3.08. The molecule has 0 aromatic heterocycles. The van der Waals surface area contributed by atoms with Crippen molar-refractivity contribution in [2.75, 3.05) is 0 Å². The summed E-state index contributed by atoms with van der Waals surface area (Å²) < 4.78 is 0. The number of benzene rings is 2. The fraction of sp³-hybridized carbons (Fsp3) is 0.188. The van der Waals surface area contributed by atoms with Gasteiger partial charge in [0.05, 0.1) is 10.6 Å². The average molecular weight is 268 g/mol. The van der Waals surface area contributed by atoms with E-state index in [4.69, 9.17) is 0 Å². The zero-order valence-corrected chi connectivity index (χ0v) is 11.8. The zero-order chi connectivity index (χ0) is 14.7. The third kappa shape index (κ3) is 3.09. The fourth-order valence-corrected chi connectivity index (χ4v) is 2.20. The number of hydrogen-bond donors (Lipinski definition) is 0. The van der Waals surface area contributed by atoms with Crippen LogP contribution in [0.2, 0.25) is 0 Å². The number of nitro groups is 1. The van der Waals surface area contributed by atoms with E-state index < -0.39 is 4.92 Å². The molecule has 0 aliphatic carbocycles. The summed E-state index contributed by atoms with van der Waals surface area (Å²) in [5.74, 6) is 0. The second-order valence-corrected chi connectivity index (χ2v) is 4.85. The molecule has 0 N–H and O–H groups in total. The van der Waals surface area contributed by atoms with Gasteiger partial charge in [-0.25, -0.2) is 0 Å². The van der Waals surface area contributed by atoms with Crippen LogP contribution in [0, 0.1) is 30.9 Å². The lowest BCUT2D eigenvalue weighted by atomic mass is 10.1. The molecule has 0 heterocycles. The second-order valence-electron chi connectivity index (χ2n) is 4.85. The van der Waals surface area contributed by atoms with Crippen molar-refractivity contribution in [1.82, 2.24) is 0 Å². The molecule has 4 heteroatoms. The van der Waals surface area contributed by atoms with Crippen LogP contribution in [0.4, 0.5) is 11.4 Å². The van der Waals surface area contributed by atoms with E-state index in [1.165, 1.54) is 17.7 Å². The van der Waals surface area contributed by atoms with Gasteiger partial charge in [0.2, 0.25) is 0 Å². The molecule has 0 aliphatic rings. The molecule has 4 nitrogen and oxygen atoms in total. The van der Waals surface area contributed by atoms with Crippen LogP contribution < -0.4 is 0 Å². The van der Waals surface area contributed by atoms with Crippen molar-refractivity contribution in [3.05, 3.63) is 68.8 Å². The molecular formula is C16H16N2O2. The minimum absolute atomic E-state index is 0.0878. The molecule has 0 aliphatic heterocycles. The highest BCUT2D eigenvalue weighted by atomic mass is 16.6. The summed E-state index contributed by atoms with van der Waals surface area (Å²) in [6.45, 7) is 6.12. The minimum atomic E-state index is -0.408. The van der Waals surface area contributed by atoms with Crippen LogP contribution in [-0.2, 0) is 0 Å². The van der Waals surface area contributed by atoms with Crippen LogP contribution in [-0.4, -0.2) is 11.1 Å². The Kier molecular flexibility index (Phi) is 3.94. The quantitative estimate of drug-likeness (QED) is 0.474. The van der Waals surface area contributed by atoms with Gasteiger partial charge in [-0.2, -0.15) is 0 Å². The van der Waals surface area contributed by atoms with Crippen molar-refractivity contribution < 1.29 is 4.92 Å². The van der Waals surface area contributed by atoms with Gasteiger partial charge in [0.25, 0.3) is 5.69 Å².